The van der Waals surface area contributed by atoms with Gasteiger partial charge in [-0.3, -0.25) is 14.4 Å². The minimum atomic E-state index is -0.573. The van der Waals surface area contributed by atoms with Gasteiger partial charge in [0, 0.05) is 17.5 Å². The van der Waals surface area contributed by atoms with Crippen LogP contribution in [0.4, 0.5) is 0 Å². The fraction of sp³-hybridized carbons (Fsp3) is 0.571. The van der Waals surface area contributed by atoms with Crippen molar-refractivity contribution >= 4 is 17.8 Å². The zero-order chi connectivity index (χ0) is 19.0. The van der Waals surface area contributed by atoms with Gasteiger partial charge in [0.2, 0.25) is 11.8 Å². The predicted octanol–water partition coefficient (Wildman–Crippen LogP) is 2.41. The summed E-state index contributed by atoms with van der Waals surface area (Å²) in [6.07, 6.45) is 7.01. The van der Waals surface area contributed by atoms with E-state index in [4.69, 9.17) is 10.5 Å². The van der Waals surface area contributed by atoms with Crippen LogP contribution < -0.4 is 15.8 Å². The maximum absolute atomic E-state index is 12.8. The number of nitrogens with one attached hydrogen (secondary N) is 1. The van der Waals surface area contributed by atoms with Gasteiger partial charge >= 0.3 is 5.97 Å². The van der Waals surface area contributed by atoms with E-state index >= 15 is 0 Å². The van der Waals surface area contributed by atoms with E-state index in [2.05, 4.69) is 5.32 Å². The lowest BCUT2D eigenvalue weighted by atomic mass is 9.49. The van der Waals surface area contributed by atoms with Crippen LogP contribution in [-0.2, 0) is 9.59 Å². The van der Waals surface area contributed by atoms with Crippen molar-refractivity contribution in [2.75, 3.05) is 6.54 Å². The molecule has 0 spiro atoms. The summed E-state index contributed by atoms with van der Waals surface area (Å²) in [7, 11) is 0. The van der Waals surface area contributed by atoms with Crippen molar-refractivity contribution < 1.29 is 19.1 Å². The minimum Gasteiger partial charge on any atom is -0.426 e. The van der Waals surface area contributed by atoms with Gasteiger partial charge < -0.3 is 15.8 Å². The van der Waals surface area contributed by atoms with E-state index in [1.54, 1.807) is 18.2 Å². The van der Waals surface area contributed by atoms with Gasteiger partial charge in [-0.25, -0.2) is 0 Å². The summed E-state index contributed by atoms with van der Waals surface area (Å²) < 4.78 is 5.24. The van der Waals surface area contributed by atoms with Crippen molar-refractivity contribution in [3.05, 3.63) is 29.8 Å². The highest BCUT2D eigenvalue weighted by atomic mass is 16.5. The molecular formula is C21H26N2O4. The van der Waals surface area contributed by atoms with Crippen LogP contribution in [0.3, 0.4) is 0 Å². The first-order chi connectivity index (χ1) is 12.9. The number of ether oxygens (including phenoxy) is 1. The molecule has 1 aromatic rings. The number of rotatable bonds is 6. The van der Waals surface area contributed by atoms with Crippen molar-refractivity contribution in [1.82, 2.24) is 5.32 Å². The van der Waals surface area contributed by atoms with Crippen LogP contribution in [0.2, 0.25) is 0 Å². The molecule has 4 aliphatic carbocycles. The molecule has 0 unspecified atom stereocenters. The summed E-state index contributed by atoms with van der Waals surface area (Å²) in [6.45, 7) is 0.273. The second-order valence-corrected chi connectivity index (χ2v) is 8.57. The zero-order valence-electron chi connectivity index (χ0n) is 15.4. The van der Waals surface area contributed by atoms with Crippen LogP contribution in [0.25, 0.3) is 0 Å². The smallest absolute Gasteiger partial charge is 0.312 e. The molecule has 27 heavy (non-hydrogen) atoms. The molecule has 1 aromatic carbocycles. The van der Waals surface area contributed by atoms with E-state index in [1.165, 1.54) is 25.3 Å². The third-order valence-electron chi connectivity index (χ3n) is 6.48. The summed E-state index contributed by atoms with van der Waals surface area (Å²) in [5.41, 5.74) is 5.31. The molecule has 0 atom stereocenters. The monoisotopic (exact) mass is 370 g/mol. The normalized spacial score (nSPS) is 30.7. The molecule has 4 bridgehead atoms. The molecule has 0 aromatic heterocycles. The average molecular weight is 370 g/mol. The van der Waals surface area contributed by atoms with E-state index in [0.29, 0.717) is 17.8 Å². The highest BCUT2D eigenvalue weighted by molar-refractivity contribution is 5.93. The van der Waals surface area contributed by atoms with Gasteiger partial charge in [-0.2, -0.15) is 0 Å². The van der Waals surface area contributed by atoms with Gasteiger partial charge in [-0.15, -0.1) is 0 Å². The lowest BCUT2D eigenvalue weighted by Gasteiger charge is -2.55. The van der Waals surface area contributed by atoms with Gasteiger partial charge in [0.05, 0.1) is 6.42 Å². The second-order valence-electron chi connectivity index (χ2n) is 8.57. The minimum absolute atomic E-state index is 0.0961. The molecular weight excluding hydrogens is 344 g/mol. The Labute approximate surface area is 158 Å². The molecule has 5 rings (SSSR count). The van der Waals surface area contributed by atoms with Crippen LogP contribution in [0.1, 0.15) is 55.3 Å². The third kappa shape index (κ3) is 3.70. The molecule has 3 N–H and O–H groups in total. The molecule has 0 heterocycles. The summed E-state index contributed by atoms with van der Waals surface area (Å²) in [5.74, 6) is 1.52. The van der Waals surface area contributed by atoms with Crippen molar-refractivity contribution in [3.63, 3.8) is 0 Å². The standard InChI is InChI=1S/C21H26N2O4/c22-19(25)16-2-1-3-17(9-16)27-18(24)4-5-23-20(26)21-10-13-6-14(11-21)8-15(7-13)12-21/h1-3,9,13-15H,4-8,10-12H2,(H2,22,25)(H,23,26). The van der Waals surface area contributed by atoms with Crippen molar-refractivity contribution in [2.45, 2.75) is 44.9 Å². The molecule has 0 saturated heterocycles. The quantitative estimate of drug-likeness (QED) is 0.593. The Morgan fingerprint density at radius 3 is 2.30 bits per heavy atom. The number of hydrogen-bond acceptors (Lipinski definition) is 4. The number of carbonyl (C=O) groups excluding carboxylic acids is 3. The van der Waals surface area contributed by atoms with Gasteiger partial charge in [-0.05, 0) is 74.5 Å². The highest BCUT2D eigenvalue weighted by Gasteiger charge is 2.54. The number of nitrogens with two attached hydrogens (primary N) is 1. The number of esters is 1. The number of primary amides is 1. The molecule has 4 saturated carbocycles. The van der Waals surface area contributed by atoms with Gasteiger partial charge in [0.25, 0.3) is 0 Å². The maximum atomic E-state index is 12.8. The van der Waals surface area contributed by atoms with E-state index in [0.717, 1.165) is 19.3 Å². The summed E-state index contributed by atoms with van der Waals surface area (Å²) >= 11 is 0. The predicted molar refractivity (Wildman–Crippen MR) is 98.8 cm³/mol. The molecule has 0 aliphatic heterocycles. The fourth-order valence-corrected chi connectivity index (χ4v) is 5.75. The maximum Gasteiger partial charge on any atom is 0.312 e. The molecule has 6 heteroatoms. The Kier molecular flexibility index (Phi) is 4.66. The van der Waals surface area contributed by atoms with Gasteiger partial charge in [0.15, 0.2) is 0 Å². The Morgan fingerprint density at radius 2 is 1.70 bits per heavy atom. The Hall–Kier alpha value is -2.37. The topological polar surface area (TPSA) is 98.5 Å². The highest BCUT2D eigenvalue weighted by Crippen LogP contribution is 2.60. The van der Waals surface area contributed by atoms with E-state index in [-0.39, 0.29) is 35.6 Å². The Morgan fingerprint density at radius 1 is 1.07 bits per heavy atom. The van der Waals surface area contributed by atoms with Crippen molar-refractivity contribution in [1.29, 1.82) is 0 Å². The van der Waals surface area contributed by atoms with Crippen LogP contribution >= 0.6 is 0 Å². The molecule has 4 fully saturated rings. The Bertz CT molecular complexity index is 738. The first-order valence-corrected chi connectivity index (χ1v) is 9.82. The second kappa shape index (κ2) is 6.98. The molecule has 2 amide bonds. The van der Waals surface area contributed by atoms with Crippen LogP contribution in [0, 0.1) is 23.2 Å². The first kappa shape index (κ1) is 18.0. The lowest BCUT2D eigenvalue weighted by Crippen LogP contribution is -2.53. The van der Waals surface area contributed by atoms with Crippen LogP contribution in [-0.4, -0.2) is 24.3 Å². The molecule has 6 nitrogen and oxygen atoms in total. The third-order valence-corrected chi connectivity index (χ3v) is 6.48. The first-order valence-electron chi connectivity index (χ1n) is 9.82. The molecule has 4 aliphatic rings. The molecule has 144 valence electrons. The van der Waals surface area contributed by atoms with Crippen molar-refractivity contribution in [2.24, 2.45) is 28.9 Å². The van der Waals surface area contributed by atoms with Crippen LogP contribution in [0.15, 0.2) is 24.3 Å². The lowest BCUT2D eigenvalue weighted by molar-refractivity contribution is -0.146. The zero-order valence-corrected chi connectivity index (χ0v) is 15.4. The largest absolute Gasteiger partial charge is 0.426 e. The van der Waals surface area contributed by atoms with Gasteiger partial charge in [-0.1, -0.05) is 6.07 Å². The average Bonchev–Trinajstić information content (AvgIpc) is 2.60. The number of benzene rings is 1. The van der Waals surface area contributed by atoms with Crippen LogP contribution in [0.5, 0.6) is 5.75 Å². The fourth-order valence-electron chi connectivity index (χ4n) is 5.75. The Balaban J connectivity index is 1.27. The summed E-state index contributed by atoms with van der Waals surface area (Å²) in [6, 6.07) is 6.20. The van der Waals surface area contributed by atoms with E-state index in [1.807, 2.05) is 0 Å². The van der Waals surface area contributed by atoms with E-state index < -0.39 is 11.9 Å². The number of carbonyl (C=O) groups is 3. The molecule has 0 radical (unpaired) electrons. The summed E-state index contributed by atoms with van der Waals surface area (Å²) in [4.78, 5) is 36.1. The number of amides is 2. The SMILES string of the molecule is NC(=O)c1cccc(OC(=O)CCNC(=O)C23CC4CC(CC(C4)C2)C3)c1. The number of hydrogen-bond donors (Lipinski definition) is 2. The van der Waals surface area contributed by atoms with Gasteiger partial charge in [0.1, 0.15) is 5.75 Å². The summed E-state index contributed by atoms with van der Waals surface area (Å²) in [5, 5.41) is 2.97. The van der Waals surface area contributed by atoms with E-state index in [9.17, 15) is 14.4 Å². The van der Waals surface area contributed by atoms with Crippen molar-refractivity contribution in [3.8, 4) is 5.75 Å².